The summed E-state index contributed by atoms with van der Waals surface area (Å²) in [4.78, 5) is 11.9. The van der Waals surface area contributed by atoms with Gasteiger partial charge in [-0.05, 0) is 38.1 Å². The van der Waals surface area contributed by atoms with E-state index in [1.165, 1.54) is 0 Å². The summed E-state index contributed by atoms with van der Waals surface area (Å²) >= 11 is 6.00. The van der Waals surface area contributed by atoms with Gasteiger partial charge in [0.1, 0.15) is 0 Å². The second-order valence-electron chi connectivity index (χ2n) is 4.13. The molecule has 1 heterocycles. The number of aryl methyl sites for hydroxylation is 1. The van der Waals surface area contributed by atoms with Gasteiger partial charge < -0.3 is 5.32 Å². The van der Waals surface area contributed by atoms with Gasteiger partial charge in [0.15, 0.2) is 5.78 Å². The van der Waals surface area contributed by atoms with Crippen LogP contribution in [0.25, 0.3) is 0 Å². The predicted molar refractivity (Wildman–Crippen MR) is 61.5 cm³/mol. The number of carbonyl (C=O) groups excluding carboxylic acids is 1. The maximum absolute atomic E-state index is 11.9. The summed E-state index contributed by atoms with van der Waals surface area (Å²) in [5.74, 6) is 0.657. The lowest BCUT2D eigenvalue weighted by Gasteiger charge is -2.26. The molecule has 1 fully saturated rings. The Kier molecular flexibility index (Phi) is 3.08. The van der Waals surface area contributed by atoms with Gasteiger partial charge in [-0.15, -0.1) is 0 Å². The fraction of sp³-hybridized carbons (Fsp3) is 0.417. The number of carbonyl (C=O) groups is 1. The quantitative estimate of drug-likeness (QED) is 0.798. The first-order valence-electron chi connectivity index (χ1n) is 5.17. The molecule has 1 aromatic carbocycles. The van der Waals surface area contributed by atoms with Gasteiger partial charge >= 0.3 is 0 Å². The van der Waals surface area contributed by atoms with E-state index >= 15 is 0 Å². The number of rotatable bonds is 3. The summed E-state index contributed by atoms with van der Waals surface area (Å²) < 4.78 is 0. The lowest BCUT2D eigenvalue weighted by Crippen LogP contribution is -2.42. The second-order valence-corrected chi connectivity index (χ2v) is 4.54. The van der Waals surface area contributed by atoms with Crippen molar-refractivity contribution in [2.24, 2.45) is 5.92 Å². The Morgan fingerprint density at radius 1 is 1.53 bits per heavy atom. The van der Waals surface area contributed by atoms with Crippen molar-refractivity contribution < 1.29 is 4.79 Å². The summed E-state index contributed by atoms with van der Waals surface area (Å²) in [6, 6.07) is 5.59. The molecule has 2 nitrogen and oxygen atoms in total. The third-order valence-corrected chi connectivity index (χ3v) is 3.09. The Morgan fingerprint density at radius 2 is 2.27 bits per heavy atom. The van der Waals surface area contributed by atoms with Gasteiger partial charge in [0.25, 0.3) is 0 Å². The molecule has 15 heavy (non-hydrogen) atoms. The minimum Gasteiger partial charge on any atom is -0.316 e. The largest absolute Gasteiger partial charge is 0.316 e. The molecule has 3 heteroatoms. The summed E-state index contributed by atoms with van der Waals surface area (Å²) in [7, 11) is 0. The third kappa shape index (κ3) is 2.39. The number of benzene rings is 1. The fourth-order valence-electron chi connectivity index (χ4n) is 1.72. The van der Waals surface area contributed by atoms with Crippen molar-refractivity contribution >= 4 is 17.4 Å². The van der Waals surface area contributed by atoms with Gasteiger partial charge in [-0.25, -0.2) is 0 Å². The van der Waals surface area contributed by atoms with E-state index < -0.39 is 0 Å². The zero-order chi connectivity index (χ0) is 10.8. The van der Waals surface area contributed by atoms with Gasteiger partial charge in [0.05, 0.1) is 5.02 Å². The van der Waals surface area contributed by atoms with Crippen LogP contribution in [0.4, 0.5) is 0 Å². The van der Waals surface area contributed by atoms with Gasteiger partial charge in [-0.1, -0.05) is 23.2 Å². The first kappa shape index (κ1) is 10.7. The summed E-state index contributed by atoms with van der Waals surface area (Å²) in [5, 5.41) is 3.73. The van der Waals surface area contributed by atoms with E-state index in [4.69, 9.17) is 11.6 Å². The number of nitrogens with one attached hydrogen (secondary N) is 1. The minimum atomic E-state index is 0.162. The Bertz CT molecular complexity index is 385. The minimum absolute atomic E-state index is 0.162. The van der Waals surface area contributed by atoms with Gasteiger partial charge in [0.2, 0.25) is 0 Å². The third-order valence-electron chi connectivity index (χ3n) is 2.76. The predicted octanol–water partition coefficient (Wildman–Crippen LogP) is 2.44. The average molecular weight is 224 g/mol. The molecule has 0 unspecified atom stereocenters. The van der Waals surface area contributed by atoms with Crippen LogP contribution in [0.5, 0.6) is 0 Å². The van der Waals surface area contributed by atoms with Crippen molar-refractivity contribution in [1.29, 1.82) is 0 Å². The van der Waals surface area contributed by atoms with Gasteiger partial charge in [-0.2, -0.15) is 0 Å². The Balaban J connectivity index is 2.12. The maximum Gasteiger partial charge on any atom is 0.164 e. The highest BCUT2D eigenvalue weighted by Gasteiger charge is 2.21. The topological polar surface area (TPSA) is 29.1 Å². The maximum atomic E-state index is 11.9. The van der Waals surface area contributed by atoms with E-state index in [0.717, 1.165) is 18.7 Å². The highest BCUT2D eigenvalue weighted by molar-refractivity contribution is 6.34. The summed E-state index contributed by atoms with van der Waals surface area (Å²) in [6.45, 7) is 3.88. The molecule has 1 aromatic rings. The van der Waals surface area contributed by atoms with Crippen LogP contribution < -0.4 is 5.32 Å². The molecule has 0 radical (unpaired) electrons. The van der Waals surface area contributed by atoms with Crippen LogP contribution in [0.15, 0.2) is 18.2 Å². The molecule has 0 atom stereocenters. The molecule has 1 N–H and O–H groups in total. The zero-order valence-corrected chi connectivity index (χ0v) is 9.47. The lowest BCUT2D eigenvalue weighted by atomic mass is 9.93. The Hall–Kier alpha value is -0.860. The van der Waals surface area contributed by atoms with E-state index in [9.17, 15) is 4.79 Å². The number of halogens is 1. The Labute approximate surface area is 94.6 Å². The van der Waals surface area contributed by atoms with Gasteiger partial charge in [0, 0.05) is 12.0 Å². The SMILES string of the molecule is Cc1ccc(Cl)c(C(=O)CC2CNC2)c1. The van der Waals surface area contributed by atoms with Crippen LogP contribution in [-0.4, -0.2) is 18.9 Å². The fourth-order valence-corrected chi connectivity index (χ4v) is 1.94. The molecule has 0 amide bonds. The lowest BCUT2D eigenvalue weighted by molar-refractivity contribution is 0.0945. The highest BCUT2D eigenvalue weighted by Crippen LogP contribution is 2.21. The van der Waals surface area contributed by atoms with Gasteiger partial charge in [-0.3, -0.25) is 4.79 Å². The second kappa shape index (κ2) is 4.33. The first-order chi connectivity index (χ1) is 7.16. The highest BCUT2D eigenvalue weighted by atomic mass is 35.5. The molecule has 0 bridgehead atoms. The van der Waals surface area contributed by atoms with E-state index in [1.54, 1.807) is 6.07 Å². The van der Waals surface area contributed by atoms with Crippen molar-refractivity contribution in [3.05, 3.63) is 34.3 Å². The summed E-state index contributed by atoms with van der Waals surface area (Å²) in [6.07, 6.45) is 0.607. The zero-order valence-electron chi connectivity index (χ0n) is 8.72. The Morgan fingerprint density at radius 3 is 2.87 bits per heavy atom. The van der Waals surface area contributed by atoms with Crippen molar-refractivity contribution in [3.63, 3.8) is 0 Å². The van der Waals surface area contributed by atoms with Crippen molar-refractivity contribution in [3.8, 4) is 0 Å². The molecular formula is C12H14ClNO. The van der Waals surface area contributed by atoms with Crippen molar-refractivity contribution in [2.45, 2.75) is 13.3 Å². The standard InChI is InChI=1S/C12H14ClNO/c1-8-2-3-11(13)10(4-8)12(15)5-9-6-14-7-9/h2-4,9,14H,5-7H2,1H3. The number of Topliss-reactive ketones (excluding diaryl/α,β-unsaturated/α-hetero) is 1. The van der Waals surface area contributed by atoms with Crippen LogP contribution in [-0.2, 0) is 0 Å². The average Bonchev–Trinajstić information content (AvgIpc) is 2.15. The molecule has 1 aliphatic heterocycles. The van der Waals surface area contributed by atoms with Crippen molar-refractivity contribution in [1.82, 2.24) is 5.32 Å². The van der Waals surface area contributed by atoms with Crippen LogP contribution in [0.2, 0.25) is 5.02 Å². The van der Waals surface area contributed by atoms with Crippen LogP contribution in [0.3, 0.4) is 0 Å². The molecule has 2 rings (SSSR count). The number of ketones is 1. The van der Waals surface area contributed by atoms with Crippen LogP contribution in [0, 0.1) is 12.8 Å². The van der Waals surface area contributed by atoms with E-state index in [2.05, 4.69) is 5.32 Å². The van der Waals surface area contributed by atoms with E-state index in [-0.39, 0.29) is 5.78 Å². The van der Waals surface area contributed by atoms with E-state index in [0.29, 0.717) is 22.9 Å². The van der Waals surface area contributed by atoms with Crippen LogP contribution >= 0.6 is 11.6 Å². The molecule has 1 saturated heterocycles. The number of hydrogen-bond acceptors (Lipinski definition) is 2. The molecular weight excluding hydrogens is 210 g/mol. The van der Waals surface area contributed by atoms with Crippen LogP contribution in [0.1, 0.15) is 22.3 Å². The molecule has 0 saturated carbocycles. The number of hydrogen-bond donors (Lipinski definition) is 1. The van der Waals surface area contributed by atoms with Crippen molar-refractivity contribution in [2.75, 3.05) is 13.1 Å². The summed E-state index contributed by atoms with van der Waals surface area (Å²) in [5.41, 5.74) is 1.75. The monoisotopic (exact) mass is 223 g/mol. The molecule has 0 aliphatic carbocycles. The molecule has 80 valence electrons. The normalized spacial score (nSPS) is 16.1. The molecule has 0 aromatic heterocycles. The van der Waals surface area contributed by atoms with E-state index in [1.807, 2.05) is 19.1 Å². The molecule has 1 aliphatic rings. The first-order valence-corrected chi connectivity index (χ1v) is 5.54. The molecule has 0 spiro atoms. The smallest absolute Gasteiger partial charge is 0.164 e.